The molecule has 3 aromatic rings. The number of halogens is 1. The van der Waals surface area contributed by atoms with Gasteiger partial charge in [-0.3, -0.25) is 9.78 Å². The number of amides is 1. The van der Waals surface area contributed by atoms with Gasteiger partial charge in [0.15, 0.2) is 0 Å². The van der Waals surface area contributed by atoms with Crippen molar-refractivity contribution in [2.45, 2.75) is 18.8 Å². The lowest BCUT2D eigenvalue weighted by Crippen LogP contribution is -2.38. The van der Waals surface area contributed by atoms with E-state index in [4.69, 9.17) is 4.42 Å². The van der Waals surface area contributed by atoms with Crippen LogP contribution in [0.3, 0.4) is 0 Å². The smallest absolute Gasteiger partial charge is 0.255 e. The fourth-order valence-corrected chi connectivity index (χ4v) is 3.94. The van der Waals surface area contributed by atoms with E-state index >= 15 is 0 Å². The quantitative estimate of drug-likeness (QED) is 0.642. The molecule has 0 saturated carbocycles. The number of likely N-dealkylation sites (tertiary alicyclic amines) is 1. The molecule has 0 aliphatic carbocycles. The van der Waals surface area contributed by atoms with E-state index in [1.807, 2.05) is 21.7 Å². The molecule has 3 aromatic heterocycles. The summed E-state index contributed by atoms with van der Waals surface area (Å²) in [6.07, 6.45) is 4.91. The molecular weight excluding hydrogens is 404 g/mol. The number of pyridine rings is 1. The first-order valence-electron chi connectivity index (χ1n) is 7.96. The van der Waals surface area contributed by atoms with Gasteiger partial charge in [-0.2, -0.15) is 11.3 Å². The third kappa shape index (κ3) is 3.50. The van der Waals surface area contributed by atoms with Crippen molar-refractivity contribution in [3.05, 3.63) is 51.2 Å². The second-order valence-corrected chi connectivity index (χ2v) is 7.61. The molecule has 6 nitrogen and oxygen atoms in total. The Kier molecular flexibility index (Phi) is 4.63. The number of hydrogen-bond donors (Lipinski definition) is 0. The van der Waals surface area contributed by atoms with Gasteiger partial charge in [-0.25, -0.2) is 0 Å². The largest absolute Gasteiger partial charge is 0.420 e. The minimum atomic E-state index is 0.0109. The van der Waals surface area contributed by atoms with E-state index in [-0.39, 0.29) is 11.8 Å². The first-order chi connectivity index (χ1) is 12.2. The maximum Gasteiger partial charge on any atom is 0.255 e. The molecule has 0 N–H and O–H groups in total. The van der Waals surface area contributed by atoms with Crippen molar-refractivity contribution < 1.29 is 9.21 Å². The van der Waals surface area contributed by atoms with Crippen molar-refractivity contribution in [3.63, 3.8) is 0 Å². The average molecular weight is 419 g/mol. The summed E-state index contributed by atoms with van der Waals surface area (Å²) >= 11 is 4.95. The maximum absolute atomic E-state index is 12.6. The predicted octanol–water partition coefficient (Wildman–Crippen LogP) is 3.98. The Bertz CT molecular complexity index is 872. The number of carbonyl (C=O) groups is 1. The molecule has 0 atom stereocenters. The Morgan fingerprint density at radius 3 is 2.84 bits per heavy atom. The maximum atomic E-state index is 12.6. The third-order valence-electron chi connectivity index (χ3n) is 4.29. The van der Waals surface area contributed by atoms with Gasteiger partial charge in [0.25, 0.3) is 5.91 Å². The molecule has 8 heteroatoms. The molecule has 0 spiro atoms. The fraction of sp³-hybridized carbons (Fsp3) is 0.294. The summed E-state index contributed by atoms with van der Waals surface area (Å²) in [5.74, 6) is 1.44. The van der Waals surface area contributed by atoms with Gasteiger partial charge in [-0.15, -0.1) is 10.2 Å². The van der Waals surface area contributed by atoms with Gasteiger partial charge in [0, 0.05) is 46.8 Å². The number of rotatable bonds is 3. The Morgan fingerprint density at radius 2 is 2.12 bits per heavy atom. The number of aromatic nitrogens is 3. The SMILES string of the molecule is O=C(c1cncc(Br)c1)N1CCC(c2nnc(-c3ccsc3)o2)CC1. The number of hydrogen-bond acceptors (Lipinski definition) is 6. The van der Waals surface area contributed by atoms with Gasteiger partial charge in [-0.05, 0) is 46.3 Å². The van der Waals surface area contributed by atoms with Gasteiger partial charge < -0.3 is 9.32 Å². The van der Waals surface area contributed by atoms with Crippen LogP contribution in [0.4, 0.5) is 0 Å². The lowest BCUT2D eigenvalue weighted by molar-refractivity contribution is 0.0706. The van der Waals surface area contributed by atoms with E-state index in [1.165, 1.54) is 0 Å². The van der Waals surface area contributed by atoms with Crippen molar-refractivity contribution in [2.24, 2.45) is 0 Å². The minimum Gasteiger partial charge on any atom is -0.420 e. The van der Waals surface area contributed by atoms with Crippen LogP contribution < -0.4 is 0 Å². The summed E-state index contributed by atoms with van der Waals surface area (Å²) in [4.78, 5) is 18.5. The Labute approximate surface area is 157 Å². The van der Waals surface area contributed by atoms with E-state index in [0.29, 0.717) is 30.4 Å². The van der Waals surface area contributed by atoms with Crippen molar-refractivity contribution in [1.29, 1.82) is 0 Å². The highest BCUT2D eigenvalue weighted by Crippen LogP contribution is 2.30. The molecule has 4 rings (SSSR count). The highest BCUT2D eigenvalue weighted by molar-refractivity contribution is 9.10. The molecule has 4 heterocycles. The molecule has 1 aliphatic heterocycles. The van der Waals surface area contributed by atoms with E-state index in [2.05, 4.69) is 31.1 Å². The first-order valence-corrected chi connectivity index (χ1v) is 9.70. The topological polar surface area (TPSA) is 72.1 Å². The number of carbonyl (C=O) groups excluding carboxylic acids is 1. The predicted molar refractivity (Wildman–Crippen MR) is 97.4 cm³/mol. The molecule has 128 valence electrons. The van der Waals surface area contributed by atoms with E-state index in [0.717, 1.165) is 22.9 Å². The molecule has 1 aliphatic rings. The van der Waals surface area contributed by atoms with Gasteiger partial charge >= 0.3 is 0 Å². The van der Waals surface area contributed by atoms with Crippen molar-refractivity contribution in [1.82, 2.24) is 20.1 Å². The van der Waals surface area contributed by atoms with Crippen LogP contribution in [0.5, 0.6) is 0 Å². The van der Waals surface area contributed by atoms with Crippen molar-refractivity contribution in [2.75, 3.05) is 13.1 Å². The van der Waals surface area contributed by atoms with Crippen molar-refractivity contribution in [3.8, 4) is 11.5 Å². The summed E-state index contributed by atoms with van der Waals surface area (Å²) in [5, 5.41) is 12.3. The average Bonchev–Trinajstić information content (AvgIpc) is 3.32. The summed E-state index contributed by atoms with van der Waals surface area (Å²) in [6.45, 7) is 1.35. The summed E-state index contributed by atoms with van der Waals surface area (Å²) in [7, 11) is 0. The van der Waals surface area contributed by atoms with Crippen LogP contribution in [0.15, 0.2) is 44.2 Å². The molecule has 0 aromatic carbocycles. The van der Waals surface area contributed by atoms with Crippen LogP contribution in [0.2, 0.25) is 0 Å². The van der Waals surface area contributed by atoms with Crippen LogP contribution in [0.25, 0.3) is 11.5 Å². The second-order valence-electron chi connectivity index (χ2n) is 5.92. The van der Waals surface area contributed by atoms with Crippen LogP contribution in [-0.2, 0) is 0 Å². The standard InChI is InChI=1S/C17H15BrN4O2S/c18-14-7-13(8-19-9-14)17(23)22-4-1-11(2-5-22)15-20-21-16(24-15)12-3-6-25-10-12/h3,6-11H,1-2,4-5H2. The Hall–Kier alpha value is -2.06. The summed E-state index contributed by atoms with van der Waals surface area (Å²) < 4.78 is 6.63. The molecule has 25 heavy (non-hydrogen) atoms. The Morgan fingerprint density at radius 1 is 1.28 bits per heavy atom. The lowest BCUT2D eigenvalue weighted by Gasteiger charge is -2.30. The zero-order valence-corrected chi connectivity index (χ0v) is 15.7. The highest BCUT2D eigenvalue weighted by atomic mass is 79.9. The second kappa shape index (κ2) is 7.05. The first kappa shape index (κ1) is 16.4. The molecule has 0 unspecified atom stereocenters. The van der Waals surface area contributed by atoms with Crippen LogP contribution in [0, 0.1) is 0 Å². The molecular formula is C17H15BrN4O2S. The van der Waals surface area contributed by atoms with Gasteiger partial charge in [0.05, 0.1) is 5.56 Å². The summed E-state index contributed by atoms with van der Waals surface area (Å²) in [5.41, 5.74) is 1.56. The fourth-order valence-electron chi connectivity index (χ4n) is 2.94. The summed E-state index contributed by atoms with van der Waals surface area (Å²) in [6, 6.07) is 3.77. The monoisotopic (exact) mass is 418 g/mol. The minimum absolute atomic E-state index is 0.0109. The van der Waals surface area contributed by atoms with Gasteiger partial charge in [0.1, 0.15) is 0 Å². The molecule has 0 bridgehead atoms. The number of piperidine rings is 1. The number of thiophene rings is 1. The lowest BCUT2D eigenvalue weighted by atomic mass is 9.96. The zero-order chi connectivity index (χ0) is 17.2. The highest BCUT2D eigenvalue weighted by Gasteiger charge is 2.28. The normalized spacial score (nSPS) is 15.5. The van der Waals surface area contributed by atoms with E-state index in [9.17, 15) is 4.79 Å². The molecule has 1 saturated heterocycles. The van der Waals surface area contributed by atoms with E-state index < -0.39 is 0 Å². The van der Waals surface area contributed by atoms with Gasteiger partial charge in [-0.1, -0.05) is 0 Å². The van der Waals surface area contributed by atoms with Crippen LogP contribution in [0.1, 0.15) is 35.0 Å². The zero-order valence-electron chi connectivity index (χ0n) is 13.3. The Balaban J connectivity index is 1.41. The van der Waals surface area contributed by atoms with E-state index in [1.54, 1.807) is 29.8 Å². The molecule has 0 radical (unpaired) electrons. The third-order valence-corrected chi connectivity index (χ3v) is 5.41. The van der Waals surface area contributed by atoms with Crippen LogP contribution in [-0.4, -0.2) is 39.1 Å². The number of nitrogens with zero attached hydrogens (tertiary/aromatic N) is 4. The molecule has 1 amide bonds. The molecule has 1 fully saturated rings. The van der Waals surface area contributed by atoms with Gasteiger partial charge in [0.2, 0.25) is 11.8 Å². The van der Waals surface area contributed by atoms with Crippen LogP contribution >= 0.6 is 27.3 Å². The van der Waals surface area contributed by atoms with Crippen molar-refractivity contribution >= 4 is 33.2 Å².